The Bertz CT molecular complexity index is 394. The number of ether oxygens (including phenoxy) is 1. The van der Waals surface area contributed by atoms with E-state index >= 15 is 0 Å². The summed E-state index contributed by atoms with van der Waals surface area (Å²) in [5.41, 5.74) is 6.08. The van der Waals surface area contributed by atoms with Gasteiger partial charge in [-0.3, -0.25) is 4.79 Å². The van der Waals surface area contributed by atoms with Gasteiger partial charge in [0.1, 0.15) is 5.41 Å². The first kappa shape index (κ1) is 16.7. The Morgan fingerprint density at radius 1 is 1.20 bits per heavy atom. The largest absolute Gasteiger partial charge is 0.468 e. The minimum atomic E-state index is -0.755. The van der Waals surface area contributed by atoms with E-state index in [0.717, 1.165) is 31.2 Å². The number of aliphatic hydroxyl groups excluding tert-OH is 1. The van der Waals surface area contributed by atoms with E-state index in [-0.39, 0.29) is 19.1 Å². The van der Waals surface area contributed by atoms with Crippen molar-refractivity contribution in [1.82, 2.24) is 0 Å². The van der Waals surface area contributed by atoms with Gasteiger partial charge >= 0.3 is 5.97 Å². The van der Waals surface area contributed by atoms with Gasteiger partial charge in [-0.05, 0) is 18.4 Å². The molecular formula is C16H25NO3. The number of nitrogens with two attached hydrogens (primary N) is 1. The Hall–Kier alpha value is -1.39. The molecule has 0 aromatic heterocycles. The number of rotatable bonds is 9. The standard InChI is InChI=1S/C16H25NO3/c1-20-15(19)16(13-17,11-7-2-3-8-12-18)14-9-5-4-6-10-14/h4-6,9-10,18H,2-3,7-8,11-13,17H2,1H3. The lowest BCUT2D eigenvalue weighted by Crippen LogP contribution is -2.43. The first-order valence-electron chi connectivity index (χ1n) is 7.16. The van der Waals surface area contributed by atoms with Crippen molar-refractivity contribution in [1.29, 1.82) is 0 Å². The Balaban J connectivity index is 2.82. The van der Waals surface area contributed by atoms with Gasteiger partial charge in [-0.15, -0.1) is 0 Å². The Kier molecular flexibility index (Phi) is 7.26. The molecule has 0 fully saturated rings. The third-order valence-corrected chi connectivity index (χ3v) is 3.76. The molecule has 0 radical (unpaired) electrons. The van der Waals surface area contributed by atoms with Crippen LogP contribution in [0.2, 0.25) is 0 Å². The minimum absolute atomic E-state index is 0.220. The van der Waals surface area contributed by atoms with Gasteiger partial charge in [-0.1, -0.05) is 49.6 Å². The van der Waals surface area contributed by atoms with E-state index in [4.69, 9.17) is 15.6 Å². The molecule has 1 unspecified atom stereocenters. The highest BCUT2D eigenvalue weighted by Gasteiger charge is 2.39. The van der Waals surface area contributed by atoms with Crippen LogP contribution in [0.5, 0.6) is 0 Å². The molecule has 0 saturated carbocycles. The first-order chi connectivity index (χ1) is 9.71. The van der Waals surface area contributed by atoms with Crippen LogP contribution in [0.3, 0.4) is 0 Å². The predicted octanol–water partition coefficient (Wildman–Crippen LogP) is 2.00. The molecular weight excluding hydrogens is 254 g/mol. The van der Waals surface area contributed by atoms with Crippen molar-refractivity contribution in [3.63, 3.8) is 0 Å². The van der Waals surface area contributed by atoms with Crippen molar-refractivity contribution < 1.29 is 14.6 Å². The number of esters is 1. The van der Waals surface area contributed by atoms with E-state index in [1.807, 2.05) is 30.3 Å². The monoisotopic (exact) mass is 279 g/mol. The first-order valence-corrected chi connectivity index (χ1v) is 7.16. The topological polar surface area (TPSA) is 72.5 Å². The van der Waals surface area contributed by atoms with Crippen molar-refractivity contribution >= 4 is 5.97 Å². The van der Waals surface area contributed by atoms with E-state index in [0.29, 0.717) is 6.42 Å². The molecule has 4 heteroatoms. The van der Waals surface area contributed by atoms with Gasteiger partial charge < -0.3 is 15.6 Å². The molecule has 0 bridgehead atoms. The van der Waals surface area contributed by atoms with Gasteiger partial charge in [-0.2, -0.15) is 0 Å². The number of benzene rings is 1. The maximum Gasteiger partial charge on any atom is 0.317 e. The lowest BCUT2D eigenvalue weighted by Gasteiger charge is -2.30. The van der Waals surface area contributed by atoms with Gasteiger partial charge in [0, 0.05) is 13.2 Å². The lowest BCUT2D eigenvalue weighted by molar-refractivity contribution is -0.147. The maximum atomic E-state index is 12.2. The van der Waals surface area contributed by atoms with Crippen molar-refractivity contribution in [3.05, 3.63) is 35.9 Å². The Morgan fingerprint density at radius 2 is 1.85 bits per heavy atom. The third-order valence-electron chi connectivity index (χ3n) is 3.76. The van der Waals surface area contributed by atoms with Crippen LogP contribution >= 0.6 is 0 Å². The second-order valence-electron chi connectivity index (χ2n) is 5.03. The van der Waals surface area contributed by atoms with Crippen LogP contribution in [0, 0.1) is 0 Å². The van der Waals surface area contributed by atoms with E-state index in [2.05, 4.69) is 0 Å². The third kappa shape index (κ3) is 4.05. The van der Waals surface area contributed by atoms with Crippen LogP contribution in [0.25, 0.3) is 0 Å². The van der Waals surface area contributed by atoms with Gasteiger partial charge in [0.25, 0.3) is 0 Å². The molecule has 0 aliphatic carbocycles. The van der Waals surface area contributed by atoms with Crippen LogP contribution in [0.1, 0.15) is 37.7 Å². The molecule has 1 rings (SSSR count). The van der Waals surface area contributed by atoms with Gasteiger partial charge in [0.05, 0.1) is 7.11 Å². The fourth-order valence-electron chi connectivity index (χ4n) is 2.51. The number of hydrogen-bond acceptors (Lipinski definition) is 4. The van der Waals surface area contributed by atoms with Crippen LogP contribution < -0.4 is 5.73 Å². The van der Waals surface area contributed by atoms with E-state index in [1.165, 1.54) is 7.11 Å². The molecule has 1 aromatic carbocycles. The predicted molar refractivity (Wildman–Crippen MR) is 79.4 cm³/mol. The van der Waals surface area contributed by atoms with Crippen LogP contribution in [-0.2, 0) is 14.9 Å². The van der Waals surface area contributed by atoms with Crippen LogP contribution in [0.4, 0.5) is 0 Å². The van der Waals surface area contributed by atoms with E-state index < -0.39 is 5.41 Å². The normalized spacial score (nSPS) is 13.8. The number of hydrogen-bond donors (Lipinski definition) is 2. The highest BCUT2D eigenvalue weighted by Crippen LogP contribution is 2.31. The summed E-state index contributed by atoms with van der Waals surface area (Å²) in [4.78, 5) is 12.2. The SMILES string of the molecule is COC(=O)C(CN)(CCCCCCO)c1ccccc1. The lowest BCUT2D eigenvalue weighted by atomic mass is 9.76. The highest BCUT2D eigenvalue weighted by atomic mass is 16.5. The second-order valence-corrected chi connectivity index (χ2v) is 5.03. The summed E-state index contributed by atoms with van der Waals surface area (Å²) >= 11 is 0. The Morgan fingerprint density at radius 3 is 2.40 bits per heavy atom. The molecule has 1 atom stereocenters. The summed E-state index contributed by atoms with van der Waals surface area (Å²) < 4.78 is 4.98. The molecule has 0 aliphatic rings. The fourth-order valence-corrected chi connectivity index (χ4v) is 2.51. The molecule has 4 nitrogen and oxygen atoms in total. The zero-order valence-electron chi connectivity index (χ0n) is 12.2. The smallest absolute Gasteiger partial charge is 0.317 e. The summed E-state index contributed by atoms with van der Waals surface area (Å²) in [5, 5.41) is 8.78. The zero-order chi connectivity index (χ0) is 14.8. The van der Waals surface area contributed by atoms with Gasteiger partial charge in [0.15, 0.2) is 0 Å². The van der Waals surface area contributed by atoms with Crippen molar-refractivity contribution in [3.8, 4) is 0 Å². The van der Waals surface area contributed by atoms with Crippen molar-refractivity contribution in [2.45, 2.75) is 37.5 Å². The summed E-state index contributed by atoms with van der Waals surface area (Å²) in [7, 11) is 1.40. The average Bonchev–Trinajstić information content (AvgIpc) is 2.51. The van der Waals surface area contributed by atoms with Gasteiger partial charge in [0.2, 0.25) is 0 Å². The second kappa shape index (κ2) is 8.72. The Labute approximate surface area is 120 Å². The summed E-state index contributed by atoms with van der Waals surface area (Å²) in [6, 6.07) is 9.60. The summed E-state index contributed by atoms with van der Waals surface area (Å²) in [6.07, 6.45) is 4.31. The van der Waals surface area contributed by atoms with Crippen molar-refractivity contribution in [2.24, 2.45) is 5.73 Å². The number of methoxy groups -OCH3 is 1. The minimum Gasteiger partial charge on any atom is -0.468 e. The summed E-state index contributed by atoms with van der Waals surface area (Å²) in [6.45, 7) is 0.460. The zero-order valence-corrected chi connectivity index (χ0v) is 12.2. The maximum absolute atomic E-state index is 12.2. The molecule has 0 amide bonds. The molecule has 1 aromatic rings. The molecule has 0 heterocycles. The van der Waals surface area contributed by atoms with Gasteiger partial charge in [-0.25, -0.2) is 0 Å². The highest BCUT2D eigenvalue weighted by molar-refractivity contribution is 5.83. The number of carbonyl (C=O) groups is 1. The summed E-state index contributed by atoms with van der Waals surface area (Å²) in [5.74, 6) is -0.270. The molecule has 112 valence electrons. The number of carbonyl (C=O) groups excluding carboxylic acids is 1. The number of aliphatic hydroxyl groups is 1. The van der Waals surface area contributed by atoms with E-state index in [1.54, 1.807) is 0 Å². The van der Waals surface area contributed by atoms with Crippen LogP contribution in [0.15, 0.2) is 30.3 Å². The molecule has 0 spiro atoms. The quantitative estimate of drug-likeness (QED) is 0.535. The molecule has 0 saturated heterocycles. The van der Waals surface area contributed by atoms with Crippen molar-refractivity contribution in [2.75, 3.05) is 20.3 Å². The number of unbranched alkanes of at least 4 members (excludes halogenated alkanes) is 3. The molecule has 3 N–H and O–H groups in total. The van der Waals surface area contributed by atoms with E-state index in [9.17, 15) is 4.79 Å². The fraction of sp³-hybridized carbons (Fsp3) is 0.562. The molecule has 0 aliphatic heterocycles. The van der Waals surface area contributed by atoms with Crippen LogP contribution in [-0.4, -0.2) is 31.3 Å². The molecule has 20 heavy (non-hydrogen) atoms. The average molecular weight is 279 g/mol.